The molecule has 2 aromatic carbocycles. The summed E-state index contributed by atoms with van der Waals surface area (Å²) in [5, 5.41) is 17.3. The number of aromatic amines is 1. The highest BCUT2D eigenvalue weighted by Gasteiger charge is 2.14. The lowest BCUT2D eigenvalue weighted by Gasteiger charge is -2.03. The van der Waals surface area contributed by atoms with Gasteiger partial charge in [0.05, 0.1) is 17.0 Å². The molecule has 110 valence electrons. The quantitative estimate of drug-likeness (QED) is 0.579. The van der Waals surface area contributed by atoms with Gasteiger partial charge in [-0.15, -0.1) is 0 Å². The fourth-order valence-corrected chi connectivity index (χ4v) is 2.59. The fourth-order valence-electron chi connectivity index (χ4n) is 2.59. The molecule has 0 bridgehead atoms. The molecular weight excluding hydrogens is 298 g/mol. The smallest absolute Gasteiger partial charge is 0.185 e. The molecule has 0 atom stereocenters. The minimum absolute atomic E-state index is 0.0401. The van der Waals surface area contributed by atoms with Gasteiger partial charge in [0, 0.05) is 10.8 Å². The van der Waals surface area contributed by atoms with Crippen LogP contribution in [-0.4, -0.2) is 15.2 Å². The number of pyridine rings is 1. The second-order valence-corrected chi connectivity index (χ2v) is 5.04. The number of halogens is 2. The zero-order valence-electron chi connectivity index (χ0n) is 11.6. The van der Waals surface area contributed by atoms with Crippen LogP contribution in [0.3, 0.4) is 0 Å². The number of hydrogen-bond donors (Lipinski definition) is 1. The number of nitrogens with zero attached hydrogens (tertiary/aromatic N) is 3. The van der Waals surface area contributed by atoms with E-state index in [9.17, 15) is 8.78 Å². The zero-order valence-corrected chi connectivity index (χ0v) is 11.6. The maximum Gasteiger partial charge on any atom is 0.185 e. The Balaban J connectivity index is 2.00. The van der Waals surface area contributed by atoms with Crippen molar-refractivity contribution in [3.8, 4) is 17.5 Å². The lowest BCUT2D eigenvalue weighted by Crippen LogP contribution is -1.92. The average Bonchev–Trinajstić information content (AvgIpc) is 3.02. The summed E-state index contributed by atoms with van der Waals surface area (Å²) in [5.74, 6) is -1.92. The summed E-state index contributed by atoms with van der Waals surface area (Å²) in [5.41, 5.74) is 1.90. The molecule has 0 radical (unpaired) electrons. The number of hydrogen-bond acceptors (Lipinski definition) is 3. The van der Waals surface area contributed by atoms with Crippen LogP contribution >= 0.6 is 0 Å². The number of aromatic nitrogens is 3. The van der Waals surface area contributed by atoms with Gasteiger partial charge in [-0.05, 0) is 24.3 Å². The van der Waals surface area contributed by atoms with Crippen molar-refractivity contribution in [2.24, 2.45) is 0 Å². The zero-order chi connectivity index (χ0) is 16.0. The van der Waals surface area contributed by atoms with Crippen LogP contribution in [0.4, 0.5) is 8.78 Å². The van der Waals surface area contributed by atoms with Gasteiger partial charge in [-0.2, -0.15) is 10.4 Å². The predicted molar refractivity (Wildman–Crippen MR) is 81.5 cm³/mol. The summed E-state index contributed by atoms with van der Waals surface area (Å²) >= 11 is 0. The minimum atomic E-state index is -0.981. The topological polar surface area (TPSA) is 65.4 Å². The molecule has 0 aliphatic heterocycles. The first-order chi connectivity index (χ1) is 11.2. The van der Waals surface area contributed by atoms with Crippen molar-refractivity contribution in [3.63, 3.8) is 0 Å². The molecule has 0 saturated carbocycles. The Hall–Kier alpha value is -3.33. The predicted octanol–water partition coefficient (Wildman–Crippen LogP) is 3.93. The molecule has 0 aliphatic rings. The van der Waals surface area contributed by atoms with Crippen molar-refractivity contribution in [1.29, 1.82) is 5.26 Å². The van der Waals surface area contributed by atoms with E-state index in [-0.39, 0.29) is 5.52 Å². The standard InChI is InChI=1S/C17H8F2N4/c18-12-6-4-9-5-7-13(21-16(9)14(12)19)17-11-3-1-2-10(8-20)15(11)22-23-17/h1-7H,(H,22,23). The van der Waals surface area contributed by atoms with Crippen LogP contribution in [0, 0.1) is 23.0 Å². The van der Waals surface area contributed by atoms with Crippen molar-refractivity contribution >= 4 is 21.8 Å². The summed E-state index contributed by atoms with van der Waals surface area (Å²) in [7, 11) is 0. The Morgan fingerprint density at radius 1 is 1.00 bits per heavy atom. The second-order valence-electron chi connectivity index (χ2n) is 5.04. The van der Waals surface area contributed by atoms with Crippen LogP contribution in [0.2, 0.25) is 0 Å². The molecule has 2 aromatic heterocycles. The van der Waals surface area contributed by atoms with Crippen LogP contribution in [0.15, 0.2) is 42.5 Å². The molecule has 23 heavy (non-hydrogen) atoms. The Morgan fingerprint density at radius 3 is 2.65 bits per heavy atom. The second kappa shape index (κ2) is 4.85. The first kappa shape index (κ1) is 13.3. The van der Waals surface area contributed by atoms with Gasteiger partial charge in [0.2, 0.25) is 0 Å². The van der Waals surface area contributed by atoms with Crippen LogP contribution in [0.25, 0.3) is 33.2 Å². The van der Waals surface area contributed by atoms with Gasteiger partial charge >= 0.3 is 0 Å². The summed E-state index contributed by atoms with van der Waals surface area (Å²) < 4.78 is 27.3. The molecule has 4 aromatic rings. The Morgan fingerprint density at radius 2 is 1.83 bits per heavy atom. The van der Waals surface area contributed by atoms with Gasteiger partial charge in [-0.25, -0.2) is 13.8 Å². The summed E-state index contributed by atoms with van der Waals surface area (Å²) in [4.78, 5) is 4.21. The van der Waals surface area contributed by atoms with Crippen LogP contribution in [0.1, 0.15) is 5.56 Å². The van der Waals surface area contributed by atoms with Crippen LogP contribution in [-0.2, 0) is 0 Å². The lowest BCUT2D eigenvalue weighted by molar-refractivity contribution is 0.515. The number of rotatable bonds is 1. The van der Waals surface area contributed by atoms with E-state index in [0.717, 1.165) is 6.07 Å². The van der Waals surface area contributed by atoms with E-state index >= 15 is 0 Å². The van der Waals surface area contributed by atoms with E-state index in [4.69, 9.17) is 5.26 Å². The first-order valence-corrected chi connectivity index (χ1v) is 6.81. The number of para-hydroxylation sites is 1. The number of nitrogens with one attached hydrogen (secondary N) is 1. The number of H-pyrrole nitrogens is 1. The van der Waals surface area contributed by atoms with Gasteiger partial charge in [0.25, 0.3) is 0 Å². The number of nitriles is 1. The Kier molecular flexibility index (Phi) is 2.81. The largest absolute Gasteiger partial charge is 0.275 e. The Labute approximate surface area is 129 Å². The van der Waals surface area contributed by atoms with Crippen LogP contribution < -0.4 is 0 Å². The normalized spacial score (nSPS) is 11.0. The highest BCUT2D eigenvalue weighted by Crippen LogP contribution is 2.29. The highest BCUT2D eigenvalue weighted by atomic mass is 19.2. The van der Waals surface area contributed by atoms with Crippen molar-refractivity contribution in [2.45, 2.75) is 0 Å². The molecule has 0 unspecified atom stereocenters. The third-order valence-corrected chi connectivity index (χ3v) is 3.71. The van der Waals surface area contributed by atoms with E-state index in [1.54, 1.807) is 30.3 Å². The van der Waals surface area contributed by atoms with Gasteiger partial charge in [-0.1, -0.05) is 18.2 Å². The van der Waals surface area contributed by atoms with Crippen LogP contribution in [0.5, 0.6) is 0 Å². The van der Waals surface area contributed by atoms with Gasteiger partial charge in [0.1, 0.15) is 17.1 Å². The maximum absolute atomic E-state index is 13.9. The molecule has 1 N–H and O–H groups in total. The van der Waals surface area contributed by atoms with Gasteiger partial charge in [0.15, 0.2) is 11.6 Å². The summed E-state index contributed by atoms with van der Waals surface area (Å²) in [6, 6.07) is 13.2. The SMILES string of the molecule is N#Cc1cccc2c(-c3ccc4ccc(F)c(F)c4n3)[nH]nc12. The molecular formula is C17H8F2N4. The molecule has 0 saturated heterocycles. The molecule has 0 amide bonds. The van der Waals surface area contributed by atoms with E-state index in [1.165, 1.54) is 6.07 Å². The highest BCUT2D eigenvalue weighted by molar-refractivity contribution is 5.96. The van der Waals surface area contributed by atoms with Crippen molar-refractivity contribution in [3.05, 3.63) is 59.7 Å². The third-order valence-electron chi connectivity index (χ3n) is 3.71. The summed E-state index contributed by atoms with van der Waals surface area (Å²) in [6.07, 6.45) is 0. The van der Waals surface area contributed by atoms with E-state index in [2.05, 4.69) is 21.3 Å². The minimum Gasteiger partial charge on any atom is -0.275 e. The van der Waals surface area contributed by atoms with Gasteiger partial charge in [-0.3, -0.25) is 5.10 Å². The third kappa shape index (κ3) is 1.94. The fraction of sp³-hybridized carbons (Fsp3) is 0. The number of fused-ring (bicyclic) bond motifs is 2. The molecule has 0 spiro atoms. The molecule has 0 fully saturated rings. The van der Waals surface area contributed by atoms with Crippen molar-refractivity contribution in [2.75, 3.05) is 0 Å². The first-order valence-electron chi connectivity index (χ1n) is 6.81. The molecule has 0 aliphatic carbocycles. The molecule has 6 heteroatoms. The van der Waals surface area contributed by atoms with Crippen molar-refractivity contribution < 1.29 is 8.78 Å². The maximum atomic E-state index is 13.9. The molecule has 2 heterocycles. The van der Waals surface area contributed by atoms with E-state index < -0.39 is 11.6 Å². The van der Waals surface area contributed by atoms with Crippen molar-refractivity contribution in [1.82, 2.24) is 15.2 Å². The summed E-state index contributed by atoms with van der Waals surface area (Å²) in [6.45, 7) is 0. The average molecular weight is 306 g/mol. The van der Waals surface area contributed by atoms with Gasteiger partial charge < -0.3 is 0 Å². The number of benzene rings is 2. The van der Waals surface area contributed by atoms with E-state index in [0.29, 0.717) is 33.2 Å². The molecule has 4 nitrogen and oxygen atoms in total. The van der Waals surface area contributed by atoms with E-state index in [1.807, 2.05) is 0 Å². The molecule has 4 rings (SSSR count). The monoisotopic (exact) mass is 306 g/mol. The Bertz CT molecular complexity index is 1110. The lowest BCUT2D eigenvalue weighted by atomic mass is 10.1.